The Hall–Kier alpha value is -3.26. The third-order valence-corrected chi connectivity index (χ3v) is 7.19. The molecule has 3 heterocycles. The van der Waals surface area contributed by atoms with Crippen molar-refractivity contribution in [1.29, 1.82) is 5.26 Å². The van der Waals surface area contributed by atoms with Crippen LogP contribution in [0.2, 0.25) is 0 Å². The van der Waals surface area contributed by atoms with Crippen molar-refractivity contribution >= 4 is 23.5 Å². The van der Waals surface area contributed by atoms with E-state index in [1.807, 2.05) is 33.8 Å². The number of aryl methyl sites for hydroxylation is 2. The van der Waals surface area contributed by atoms with Crippen molar-refractivity contribution in [3.8, 4) is 12.0 Å². The predicted molar refractivity (Wildman–Crippen MR) is 127 cm³/mol. The number of nitrogen functional groups attached to an aromatic ring is 1. The fraction of sp³-hybridized carbons (Fsp3) is 0.500. The van der Waals surface area contributed by atoms with Gasteiger partial charge in [-0.15, -0.1) is 10.2 Å². The van der Waals surface area contributed by atoms with Crippen LogP contribution in [0.25, 0.3) is 5.95 Å². The minimum absolute atomic E-state index is 0.0886. The first-order chi connectivity index (χ1) is 15.8. The number of nitrogens with two attached hydrogens (primary N) is 1. The normalized spacial score (nSPS) is 14.4. The van der Waals surface area contributed by atoms with Crippen molar-refractivity contribution in [2.45, 2.75) is 71.0 Å². The lowest BCUT2D eigenvalue weighted by atomic mass is 9.95. The highest BCUT2D eigenvalue weighted by Crippen LogP contribution is 2.36. The van der Waals surface area contributed by atoms with Crippen LogP contribution in [-0.4, -0.2) is 40.9 Å². The summed E-state index contributed by atoms with van der Waals surface area (Å²) < 4.78 is 5.10. The van der Waals surface area contributed by atoms with Gasteiger partial charge in [0.1, 0.15) is 11.9 Å². The van der Waals surface area contributed by atoms with Gasteiger partial charge in [0.15, 0.2) is 0 Å². The largest absolute Gasteiger partial charge is 0.334 e. The summed E-state index contributed by atoms with van der Waals surface area (Å²) in [6, 6.07) is 4.51. The molecule has 0 radical (unpaired) electrons. The topological polar surface area (TPSA) is 132 Å². The molecule has 1 amide bonds. The molecule has 3 aromatic rings. The summed E-state index contributed by atoms with van der Waals surface area (Å²) in [5.41, 5.74) is 4.23. The van der Waals surface area contributed by atoms with Crippen molar-refractivity contribution in [2.75, 3.05) is 16.9 Å². The molecule has 174 valence electrons. The molecule has 1 saturated carbocycles. The number of aromatic nitrogens is 6. The lowest BCUT2D eigenvalue weighted by molar-refractivity contribution is -0.113. The number of anilines is 1. The summed E-state index contributed by atoms with van der Waals surface area (Å²) in [4.78, 5) is 12.9. The highest BCUT2D eigenvalue weighted by Gasteiger charge is 2.26. The van der Waals surface area contributed by atoms with Gasteiger partial charge in [0.25, 0.3) is 5.95 Å². The third-order valence-electron chi connectivity index (χ3n) is 6.24. The third kappa shape index (κ3) is 4.35. The van der Waals surface area contributed by atoms with E-state index in [-0.39, 0.29) is 11.7 Å². The van der Waals surface area contributed by atoms with Crippen LogP contribution in [0.5, 0.6) is 0 Å². The molecule has 1 fully saturated rings. The molecule has 0 saturated heterocycles. The summed E-state index contributed by atoms with van der Waals surface area (Å²) >= 11 is 1.19. The SMILES string of the molecule is Cc1cc(C)n(-c2nnc(SCC(=O)Nc3c(C#N)c(C)c(C)n3C3CCCCC3)n2N)n1. The van der Waals surface area contributed by atoms with E-state index in [2.05, 4.69) is 31.2 Å². The van der Waals surface area contributed by atoms with Crippen LogP contribution in [0, 0.1) is 39.0 Å². The van der Waals surface area contributed by atoms with Gasteiger partial charge in [0, 0.05) is 17.4 Å². The summed E-state index contributed by atoms with van der Waals surface area (Å²) in [6.45, 7) is 7.76. The van der Waals surface area contributed by atoms with E-state index in [1.54, 1.807) is 4.68 Å². The number of thioether (sulfide) groups is 1. The summed E-state index contributed by atoms with van der Waals surface area (Å²) in [7, 11) is 0. The van der Waals surface area contributed by atoms with Gasteiger partial charge in [-0.2, -0.15) is 10.4 Å². The van der Waals surface area contributed by atoms with Gasteiger partial charge in [-0.05, 0) is 52.2 Å². The number of nitrogens with one attached hydrogen (secondary N) is 1. The molecule has 0 bridgehead atoms. The molecule has 11 heteroatoms. The molecule has 1 aliphatic rings. The maximum absolute atomic E-state index is 12.9. The van der Waals surface area contributed by atoms with E-state index >= 15 is 0 Å². The maximum Gasteiger partial charge on any atom is 0.271 e. The van der Waals surface area contributed by atoms with Gasteiger partial charge in [-0.3, -0.25) is 4.79 Å². The average molecular weight is 468 g/mol. The molecule has 0 aliphatic heterocycles. The Labute approximate surface area is 197 Å². The number of rotatable bonds is 6. The fourth-order valence-corrected chi connectivity index (χ4v) is 5.18. The molecular weight excluding hydrogens is 438 g/mol. The van der Waals surface area contributed by atoms with Gasteiger partial charge >= 0.3 is 0 Å². The maximum atomic E-state index is 12.9. The van der Waals surface area contributed by atoms with Crippen molar-refractivity contribution < 1.29 is 4.79 Å². The zero-order valence-electron chi connectivity index (χ0n) is 19.4. The van der Waals surface area contributed by atoms with Gasteiger partial charge in [0.2, 0.25) is 11.1 Å². The number of carbonyl (C=O) groups excluding carboxylic acids is 1. The van der Waals surface area contributed by atoms with Crippen LogP contribution < -0.4 is 11.2 Å². The Bertz CT molecular complexity index is 1220. The molecule has 0 unspecified atom stereocenters. The van der Waals surface area contributed by atoms with Crippen LogP contribution in [0.15, 0.2) is 11.2 Å². The molecule has 0 spiro atoms. The second-order valence-electron chi connectivity index (χ2n) is 8.54. The fourth-order valence-electron chi connectivity index (χ4n) is 4.52. The first-order valence-electron chi connectivity index (χ1n) is 11.1. The quantitative estimate of drug-likeness (QED) is 0.420. The molecule has 1 aliphatic carbocycles. The molecule has 0 aromatic carbocycles. The van der Waals surface area contributed by atoms with Crippen molar-refractivity contribution in [3.05, 3.63) is 34.3 Å². The number of amides is 1. The van der Waals surface area contributed by atoms with Crippen molar-refractivity contribution in [1.82, 2.24) is 29.2 Å². The van der Waals surface area contributed by atoms with Crippen LogP contribution in [-0.2, 0) is 4.79 Å². The summed E-state index contributed by atoms with van der Waals surface area (Å²) in [5.74, 6) is 7.02. The van der Waals surface area contributed by atoms with Gasteiger partial charge in [0.05, 0.1) is 17.0 Å². The Morgan fingerprint density at radius 3 is 2.61 bits per heavy atom. The molecule has 0 atom stereocenters. The van der Waals surface area contributed by atoms with E-state index in [1.165, 1.54) is 22.9 Å². The molecule has 3 N–H and O–H groups in total. The van der Waals surface area contributed by atoms with Gasteiger partial charge < -0.3 is 15.7 Å². The summed E-state index contributed by atoms with van der Waals surface area (Å²) in [5, 5.41) is 25.8. The van der Waals surface area contributed by atoms with E-state index in [9.17, 15) is 10.1 Å². The lowest BCUT2D eigenvalue weighted by Gasteiger charge is -2.27. The van der Waals surface area contributed by atoms with E-state index in [0.717, 1.165) is 48.3 Å². The number of carbonyl (C=O) groups is 1. The van der Waals surface area contributed by atoms with Gasteiger partial charge in [-0.1, -0.05) is 31.0 Å². The first-order valence-corrected chi connectivity index (χ1v) is 12.1. The van der Waals surface area contributed by atoms with E-state index in [4.69, 9.17) is 5.84 Å². The number of nitrogens with zero attached hydrogens (tertiary/aromatic N) is 7. The zero-order valence-corrected chi connectivity index (χ0v) is 20.2. The highest BCUT2D eigenvalue weighted by molar-refractivity contribution is 7.99. The highest BCUT2D eigenvalue weighted by atomic mass is 32.2. The van der Waals surface area contributed by atoms with Crippen molar-refractivity contribution in [2.24, 2.45) is 0 Å². The van der Waals surface area contributed by atoms with Gasteiger partial charge in [-0.25, -0.2) is 9.36 Å². The monoisotopic (exact) mass is 467 g/mol. The van der Waals surface area contributed by atoms with Crippen LogP contribution in [0.4, 0.5) is 5.82 Å². The van der Waals surface area contributed by atoms with Crippen LogP contribution >= 0.6 is 11.8 Å². The lowest BCUT2D eigenvalue weighted by Crippen LogP contribution is -2.22. The number of nitriles is 1. The number of hydrogen-bond donors (Lipinski definition) is 2. The smallest absolute Gasteiger partial charge is 0.271 e. The number of hydrogen-bond acceptors (Lipinski definition) is 7. The molecule has 33 heavy (non-hydrogen) atoms. The predicted octanol–water partition coefficient (Wildman–Crippen LogP) is 3.32. The Morgan fingerprint density at radius 2 is 1.97 bits per heavy atom. The second kappa shape index (κ2) is 9.31. The minimum atomic E-state index is -0.221. The van der Waals surface area contributed by atoms with Crippen LogP contribution in [0.3, 0.4) is 0 Å². The second-order valence-corrected chi connectivity index (χ2v) is 9.48. The Morgan fingerprint density at radius 1 is 1.24 bits per heavy atom. The Kier molecular flexibility index (Phi) is 6.47. The zero-order chi connectivity index (χ0) is 23.7. The average Bonchev–Trinajstić information content (AvgIpc) is 3.40. The van der Waals surface area contributed by atoms with E-state index in [0.29, 0.717) is 28.5 Å². The summed E-state index contributed by atoms with van der Waals surface area (Å²) in [6.07, 6.45) is 5.68. The molecule has 4 rings (SSSR count). The van der Waals surface area contributed by atoms with E-state index < -0.39 is 0 Å². The standard InChI is InChI=1S/C22H29N9OS/c1-13-10-14(2)31(28-13)21-26-27-22(30(21)24)33-12-19(32)25-20-18(11-23)15(3)16(4)29(20)17-8-6-5-7-9-17/h10,17H,5-9,12,24H2,1-4H3,(H,25,32). The van der Waals surface area contributed by atoms with Crippen LogP contribution in [0.1, 0.15) is 66.4 Å². The molecule has 10 nitrogen and oxygen atoms in total. The molecular formula is C22H29N9OS. The minimum Gasteiger partial charge on any atom is -0.334 e. The Balaban J connectivity index is 1.51. The first kappa shape index (κ1) is 22.9. The molecule has 3 aromatic heterocycles. The van der Waals surface area contributed by atoms with Crippen molar-refractivity contribution in [3.63, 3.8) is 0 Å².